The highest BCUT2D eigenvalue weighted by molar-refractivity contribution is 5.77. The lowest BCUT2D eigenvalue weighted by Gasteiger charge is -2.39. The second-order valence-electron chi connectivity index (χ2n) is 4.58. The van der Waals surface area contributed by atoms with Gasteiger partial charge in [-0.2, -0.15) is 0 Å². The fraction of sp³-hybridized carbons (Fsp3) is 0.909. The van der Waals surface area contributed by atoms with E-state index in [1.807, 2.05) is 0 Å². The number of carbonyl (C=O) groups excluding carboxylic acids is 1. The van der Waals surface area contributed by atoms with Crippen LogP contribution in [0.5, 0.6) is 0 Å². The molecule has 0 aromatic carbocycles. The Bertz CT molecular complexity index is 219. The summed E-state index contributed by atoms with van der Waals surface area (Å²) in [6.45, 7) is 2.72. The number of rotatable bonds is 3. The van der Waals surface area contributed by atoms with Crippen LogP contribution in [0.25, 0.3) is 0 Å². The molecule has 0 aromatic heterocycles. The van der Waals surface area contributed by atoms with E-state index in [1.54, 1.807) is 19.0 Å². The number of aliphatic hydroxyl groups excluding tert-OH is 1. The number of likely N-dealkylation sites (tertiary alicyclic amines) is 1. The van der Waals surface area contributed by atoms with Crippen molar-refractivity contribution < 1.29 is 9.90 Å². The number of hydrogen-bond acceptors (Lipinski definition) is 3. The topological polar surface area (TPSA) is 43.8 Å². The second kappa shape index (κ2) is 5.47. The van der Waals surface area contributed by atoms with E-state index in [0.29, 0.717) is 12.6 Å². The van der Waals surface area contributed by atoms with Crippen LogP contribution in [0, 0.1) is 0 Å². The fourth-order valence-electron chi connectivity index (χ4n) is 2.12. The molecule has 1 N–H and O–H groups in total. The van der Waals surface area contributed by atoms with E-state index in [0.717, 1.165) is 19.3 Å². The lowest BCUT2D eigenvalue weighted by Crippen LogP contribution is -2.51. The van der Waals surface area contributed by atoms with Crippen molar-refractivity contribution in [3.8, 4) is 0 Å². The minimum absolute atomic E-state index is 0.113. The van der Waals surface area contributed by atoms with Crippen molar-refractivity contribution >= 4 is 5.91 Å². The molecule has 4 nitrogen and oxygen atoms in total. The summed E-state index contributed by atoms with van der Waals surface area (Å²) in [4.78, 5) is 15.4. The van der Waals surface area contributed by atoms with Gasteiger partial charge in [0.05, 0.1) is 13.2 Å². The van der Waals surface area contributed by atoms with Crippen molar-refractivity contribution in [2.75, 3.05) is 27.2 Å². The van der Waals surface area contributed by atoms with Gasteiger partial charge >= 0.3 is 0 Å². The molecular weight excluding hydrogens is 192 g/mol. The Balaban J connectivity index is 2.58. The molecule has 1 fully saturated rings. The first-order valence-corrected chi connectivity index (χ1v) is 5.63. The smallest absolute Gasteiger partial charge is 0.236 e. The predicted octanol–water partition coefficient (Wildman–Crippen LogP) is 0.310. The van der Waals surface area contributed by atoms with E-state index in [9.17, 15) is 9.90 Å². The zero-order valence-corrected chi connectivity index (χ0v) is 9.94. The number of aliphatic hydroxyl groups is 1. The van der Waals surface area contributed by atoms with Crippen LogP contribution in [0.2, 0.25) is 0 Å². The van der Waals surface area contributed by atoms with E-state index in [2.05, 4.69) is 11.8 Å². The Morgan fingerprint density at radius 3 is 2.67 bits per heavy atom. The quantitative estimate of drug-likeness (QED) is 0.735. The summed E-state index contributed by atoms with van der Waals surface area (Å²) in [5.74, 6) is 0.113. The Morgan fingerprint density at radius 2 is 2.13 bits per heavy atom. The third kappa shape index (κ3) is 3.18. The molecule has 0 spiro atoms. The van der Waals surface area contributed by atoms with Gasteiger partial charge in [-0.15, -0.1) is 0 Å². The molecule has 1 saturated heterocycles. The van der Waals surface area contributed by atoms with Crippen LogP contribution in [0.15, 0.2) is 0 Å². The van der Waals surface area contributed by atoms with Gasteiger partial charge in [0.15, 0.2) is 0 Å². The van der Waals surface area contributed by atoms with Crippen LogP contribution in [0.3, 0.4) is 0 Å². The third-order valence-electron chi connectivity index (χ3n) is 3.22. The number of hydrogen-bond donors (Lipinski definition) is 1. The van der Waals surface area contributed by atoms with Crippen molar-refractivity contribution in [1.29, 1.82) is 0 Å². The minimum Gasteiger partial charge on any atom is -0.395 e. The Labute approximate surface area is 91.9 Å². The highest BCUT2D eigenvalue weighted by Crippen LogP contribution is 2.22. The van der Waals surface area contributed by atoms with Gasteiger partial charge in [0, 0.05) is 26.2 Å². The summed E-state index contributed by atoms with van der Waals surface area (Å²) < 4.78 is 0. The Hall–Kier alpha value is -0.610. The molecule has 1 rings (SSSR count). The summed E-state index contributed by atoms with van der Waals surface area (Å²) in [6, 6.07) is 0.567. The highest BCUT2D eigenvalue weighted by atomic mass is 16.3. The van der Waals surface area contributed by atoms with Crippen LogP contribution in [-0.4, -0.2) is 60.1 Å². The van der Waals surface area contributed by atoms with Gasteiger partial charge in [-0.3, -0.25) is 9.69 Å². The predicted molar refractivity (Wildman–Crippen MR) is 59.6 cm³/mol. The second-order valence-corrected chi connectivity index (χ2v) is 4.58. The maximum Gasteiger partial charge on any atom is 0.236 e. The minimum atomic E-state index is 0.113. The number of likely N-dealkylation sites (N-methyl/N-ethyl adjacent to an activating group) is 1. The number of nitrogens with zero attached hydrogens (tertiary/aromatic N) is 2. The van der Waals surface area contributed by atoms with E-state index < -0.39 is 0 Å². The van der Waals surface area contributed by atoms with Crippen LogP contribution in [0.4, 0.5) is 0 Å². The Kier molecular flexibility index (Phi) is 4.54. The van der Waals surface area contributed by atoms with Crippen molar-refractivity contribution in [3.05, 3.63) is 0 Å². The third-order valence-corrected chi connectivity index (χ3v) is 3.22. The first kappa shape index (κ1) is 12.5. The van der Waals surface area contributed by atoms with Gasteiger partial charge in [-0.05, 0) is 19.8 Å². The maximum atomic E-state index is 11.6. The van der Waals surface area contributed by atoms with Crippen molar-refractivity contribution in [3.63, 3.8) is 0 Å². The van der Waals surface area contributed by atoms with Crippen LogP contribution >= 0.6 is 0 Å². The van der Waals surface area contributed by atoms with Gasteiger partial charge in [0.1, 0.15) is 0 Å². The molecule has 2 unspecified atom stereocenters. The zero-order valence-electron chi connectivity index (χ0n) is 9.94. The molecule has 0 aliphatic carbocycles. The molecule has 2 atom stereocenters. The molecule has 1 aliphatic rings. The molecule has 88 valence electrons. The maximum absolute atomic E-state index is 11.6. The van der Waals surface area contributed by atoms with Gasteiger partial charge in [0.25, 0.3) is 0 Å². The molecule has 1 amide bonds. The molecular formula is C11H22N2O2. The largest absolute Gasteiger partial charge is 0.395 e. The van der Waals surface area contributed by atoms with E-state index in [-0.39, 0.29) is 18.6 Å². The van der Waals surface area contributed by atoms with Crippen LogP contribution in [0.1, 0.15) is 26.2 Å². The summed E-state index contributed by atoms with van der Waals surface area (Å²) in [6.07, 6.45) is 3.28. The number of amides is 1. The molecule has 0 bridgehead atoms. The molecule has 0 radical (unpaired) electrons. The first-order valence-electron chi connectivity index (χ1n) is 5.63. The van der Waals surface area contributed by atoms with Gasteiger partial charge < -0.3 is 10.0 Å². The van der Waals surface area contributed by atoms with E-state index in [4.69, 9.17) is 0 Å². The van der Waals surface area contributed by atoms with Gasteiger partial charge in [-0.1, -0.05) is 6.42 Å². The Morgan fingerprint density at radius 1 is 1.47 bits per heavy atom. The average molecular weight is 214 g/mol. The van der Waals surface area contributed by atoms with Gasteiger partial charge in [-0.25, -0.2) is 0 Å². The van der Waals surface area contributed by atoms with Gasteiger partial charge in [0.2, 0.25) is 5.91 Å². The lowest BCUT2D eigenvalue weighted by molar-refractivity contribution is -0.132. The number of carbonyl (C=O) groups is 1. The van der Waals surface area contributed by atoms with Crippen LogP contribution in [-0.2, 0) is 4.79 Å². The van der Waals surface area contributed by atoms with Crippen molar-refractivity contribution in [1.82, 2.24) is 9.80 Å². The summed E-state index contributed by atoms with van der Waals surface area (Å²) in [7, 11) is 3.54. The fourth-order valence-corrected chi connectivity index (χ4v) is 2.12. The summed E-state index contributed by atoms with van der Waals surface area (Å²) in [5, 5.41) is 9.26. The van der Waals surface area contributed by atoms with E-state index >= 15 is 0 Å². The number of piperidine rings is 1. The van der Waals surface area contributed by atoms with Crippen molar-refractivity contribution in [2.45, 2.75) is 38.3 Å². The molecule has 15 heavy (non-hydrogen) atoms. The molecule has 0 aromatic rings. The monoisotopic (exact) mass is 214 g/mol. The lowest BCUT2D eigenvalue weighted by atomic mass is 9.97. The molecule has 1 heterocycles. The molecule has 0 saturated carbocycles. The van der Waals surface area contributed by atoms with Crippen molar-refractivity contribution in [2.24, 2.45) is 0 Å². The SMILES string of the molecule is CC1CCCC(CO)N1CC(=O)N(C)C. The zero-order chi connectivity index (χ0) is 11.4. The van der Waals surface area contributed by atoms with E-state index in [1.165, 1.54) is 0 Å². The average Bonchev–Trinajstić information content (AvgIpc) is 2.20. The van der Waals surface area contributed by atoms with Crippen LogP contribution < -0.4 is 0 Å². The summed E-state index contributed by atoms with van der Waals surface area (Å²) >= 11 is 0. The molecule has 4 heteroatoms. The normalized spacial score (nSPS) is 27.7. The highest BCUT2D eigenvalue weighted by Gasteiger charge is 2.28. The molecule has 1 aliphatic heterocycles. The first-order chi connectivity index (χ1) is 7.06. The summed E-state index contributed by atoms with van der Waals surface area (Å²) in [5.41, 5.74) is 0. The standard InChI is InChI=1S/C11H22N2O2/c1-9-5-4-6-10(8-14)13(9)7-11(15)12(2)3/h9-10,14H,4-8H2,1-3H3.